The molecule has 0 heterocycles. The summed E-state index contributed by atoms with van der Waals surface area (Å²) in [6.07, 6.45) is 0. The van der Waals surface area contributed by atoms with Crippen LogP contribution in [-0.2, 0) is 0 Å². The standard InChI is InChI=1S/C17H16O2/c1-10(2)11-7-8-15(18)17-13-6-4-3-5-12(13)16(19)9-14(11)17/h3-10,18-19H,1-2H3. The molecule has 2 nitrogen and oxygen atoms in total. The normalized spacial score (nSPS) is 11.5. The maximum atomic E-state index is 10.2. The number of phenolic OH excluding ortho intramolecular Hbond substituents is 2. The van der Waals surface area contributed by atoms with Crippen molar-refractivity contribution in [3.63, 3.8) is 0 Å². The summed E-state index contributed by atoms with van der Waals surface area (Å²) < 4.78 is 0. The first-order valence-electron chi connectivity index (χ1n) is 6.46. The summed E-state index contributed by atoms with van der Waals surface area (Å²) in [5.74, 6) is 0.856. The van der Waals surface area contributed by atoms with Gasteiger partial charge in [0.15, 0.2) is 0 Å². The molecule has 0 amide bonds. The smallest absolute Gasteiger partial charge is 0.124 e. The average Bonchev–Trinajstić information content (AvgIpc) is 2.38. The Bertz CT molecular complexity index is 773. The molecule has 0 aliphatic heterocycles. The van der Waals surface area contributed by atoms with E-state index < -0.39 is 0 Å². The summed E-state index contributed by atoms with van der Waals surface area (Å²) in [5, 5.41) is 23.8. The first-order chi connectivity index (χ1) is 9.09. The van der Waals surface area contributed by atoms with Crippen molar-refractivity contribution in [1.29, 1.82) is 0 Å². The predicted molar refractivity (Wildman–Crippen MR) is 78.9 cm³/mol. The number of benzene rings is 3. The summed E-state index contributed by atoms with van der Waals surface area (Å²) in [5.41, 5.74) is 1.13. The summed E-state index contributed by atoms with van der Waals surface area (Å²) in [6, 6.07) is 13.0. The minimum atomic E-state index is 0.260. The lowest BCUT2D eigenvalue weighted by Gasteiger charge is -2.14. The molecule has 0 aromatic heterocycles. The van der Waals surface area contributed by atoms with E-state index in [1.165, 1.54) is 0 Å². The molecule has 2 N–H and O–H groups in total. The number of hydrogen-bond donors (Lipinski definition) is 2. The van der Waals surface area contributed by atoms with E-state index in [1.807, 2.05) is 30.3 Å². The van der Waals surface area contributed by atoms with Crippen molar-refractivity contribution in [3.05, 3.63) is 48.0 Å². The highest BCUT2D eigenvalue weighted by atomic mass is 16.3. The van der Waals surface area contributed by atoms with Gasteiger partial charge >= 0.3 is 0 Å². The zero-order valence-corrected chi connectivity index (χ0v) is 11.0. The second-order valence-electron chi connectivity index (χ2n) is 5.19. The van der Waals surface area contributed by atoms with Gasteiger partial charge in [-0.25, -0.2) is 0 Å². The second kappa shape index (κ2) is 4.16. The molecule has 0 bridgehead atoms. The van der Waals surface area contributed by atoms with Crippen LogP contribution in [0.25, 0.3) is 21.5 Å². The lowest BCUT2D eigenvalue weighted by Crippen LogP contribution is -1.90. The van der Waals surface area contributed by atoms with E-state index >= 15 is 0 Å². The topological polar surface area (TPSA) is 40.5 Å². The van der Waals surface area contributed by atoms with E-state index in [4.69, 9.17) is 0 Å². The second-order valence-corrected chi connectivity index (χ2v) is 5.19. The lowest BCUT2D eigenvalue weighted by molar-refractivity contribution is 0.480. The van der Waals surface area contributed by atoms with Crippen molar-refractivity contribution >= 4 is 21.5 Å². The Kier molecular flexibility index (Phi) is 2.59. The Balaban J connectivity index is 2.59. The van der Waals surface area contributed by atoms with E-state index in [0.717, 1.165) is 27.1 Å². The molecule has 19 heavy (non-hydrogen) atoms. The van der Waals surface area contributed by atoms with Gasteiger partial charge < -0.3 is 10.2 Å². The van der Waals surface area contributed by atoms with Crippen LogP contribution in [0.1, 0.15) is 25.3 Å². The molecule has 3 aromatic carbocycles. The Morgan fingerprint density at radius 3 is 2.16 bits per heavy atom. The highest BCUT2D eigenvalue weighted by molar-refractivity contribution is 6.13. The molecule has 0 atom stereocenters. The van der Waals surface area contributed by atoms with Gasteiger partial charge in [-0.15, -0.1) is 0 Å². The van der Waals surface area contributed by atoms with Crippen LogP contribution in [-0.4, -0.2) is 10.2 Å². The molecule has 0 saturated carbocycles. The van der Waals surface area contributed by atoms with Crippen molar-refractivity contribution < 1.29 is 10.2 Å². The van der Waals surface area contributed by atoms with Gasteiger partial charge in [0, 0.05) is 10.8 Å². The zero-order chi connectivity index (χ0) is 13.6. The first-order valence-corrected chi connectivity index (χ1v) is 6.46. The highest BCUT2D eigenvalue weighted by Crippen LogP contribution is 2.40. The summed E-state index contributed by atoms with van der Waals surface area (Å²) in [7, 11) is 0. The number of hydrogen-bond acceptors (Lipinski definition) is 2. The molecule has 0 unspecified atom stereocenters. The molecule has 3 rings (SSSR count). The molecule has 3 aromatic rings. The van der Waals surface area contributed by atoms with E-state index in [2.05, 4.69) is 13.8 Å². The summed E-state index contributed by atoms with van der Waals surface area (Å²) in [4.78, 5) is 0. The van der Waals surface area contributed by atoms with Crippen molar-refractivity contribution in [1.82, 2.24) is 0 Å². The molecule has 0 radical (unpaired) electrons. The molecule has 96 valence electrons. The van der Waals surface area contributed by atoms with Gasteiger partial charge in [0.25, 0.3) is 0 Å². The molecule has 0 fully saturated rings. The number of rotatable bonds is 1. The number of fused-ring (bicyclic) bond motifs is 3. The predicted octanol–water partition coefficient (Wildman–Crippen LogP) is 4.53. The van der Waals surface area contributed by atoms with Gasteiger partial charge in [0.2, 0.25) is 0 Å². The Morgan fingerprint density at radius 1 is 0.789 bits per heavy atom. The van der Waals surface area contributed by atoms with Crippen LogP contribution in [0, 0.1) is 0 Å². The van der Waals surface area contributed by atoms with Gasteiger partial charge in [0.05, 0.1) is 0 Å². The van der Waals surface area contributed by atoms with Crippen molar-refractivity contribution in [3.8, 4) is 11.5 Å². The summed E-state index contributed by atoms with van der Waals surface area (Å²) >= 11 is 0. The molecule has 0 spiro atoms. The lowest BCUT2D eigenvalue weighted by atomic mass is 9.92. The van der Waals surface area contributed by atoms with E-state index in [9.17, 15) is 10.2 Å². The van der Waals surface area contributed by atoms with Crippen LogP contribution in [0.5, 0.6) is 11.5 Å². The Hall–Kier alpha value is -2.22. The Morgan fingerprint density at radius 2 is 1.47 bits per heavy atom. The van der Waals surface area contributed by atoms with Gasteiger partial charge in [-0.2, -0.15) is 0 Å². The SMILES string of the molecule is CC(C)c1ccc(O)c2c1cc(O)c1ccccc12. The van der Waals surface area contributed by atoms with Crippen LogP contribution in [0.2, 0.25) is 0 Å². The quantitative estimate of drug-likeness (QED) is 0.625. The molecule has 2 heteroatoms. The largest absolute Gasteiger partial charge is 0.507 e. The third-order valence-corrected chi connectivity index (χ3v) is 3.63. The third kappa shape index (κ3) is 1.72. The Labute approximate surface area is 111 Å². The van der Waals surface area contributed by atoms with E-state index in [-0.39, 0.29) is 11.5 Å². The molecule has 0 aliphatic carbocycles. The number of aromatic hydroxyl groups is 2. The highest BCUT2D eigenvalue weighted by Gasteiger charge is 2.13. The fourth-order valence-electron chi connectivity index (χ4n) is 2.71. The molecular weight excluding hydrogens is 236 g/mol. The molecular formula is C17H16O2. The van der Waals surface area contributed by atoms with Gasteiger partial charge in [0.1, 0.15) is 11.5 Å². The first kappa shape index (κ1) is 11.8. The minimum absolute atomic E-state index is 0.260. The van der Waals surface area contributed by atoms with E-state index in [0.29, 0.717) is 5.92 Å². The third-order valence-electron chi connectivity index (χ3n) is 3.63. The zero-order valence-electron chi connectivity index (χ0n) is 11.0. The summed E-state index contributed by atoms with van der Waals surface area (Å²) in [6.45, 7) is 4.22. The van der Waals surface area contributed by atoms with Crippen LogP contribution in [0.4, 0.5) is 0 Å². The van der Waals surface area contributed by atoms with Crippen molar-refractivity contribution in [2.45, 2.75) is 19.8 Å². The van der Waals surface area contributed by atoms with Gasteiger partial charge in [-0.3, -0.25) is 0 Å². The van der Waals surface area contributed by atoms with Crippen LogP contribution in [0.15, 0.2) is 42.5 Å². The van der Waals surface area contributed by atoms with Crippen molar-refractivity contribution in [2.24, 2.45) is 0 Å². The fourth-order valence-corrected chi connectivity index (χ4v) is 2.71. The van der Waals surface area contributed by atoms with Crippen LogP contribution < -0.4 is 0 Å². The minimum Gasteiger partial charge on any atom is -0.507 e. The monoisotopic (exact) mass is 252 g/mol. The maximum absolute atomic E-state index is 10.2. The van der Waals surface area contributed by atoms with Crippen LogP contribution in [0.3, 0.4) is 0 Å². The maximum Gasteiger partial charge on any atom is 0.124 e. The van der Waals surface area contributed by atoms with E-state index in [1.54, 1.807) is 12.1 Å². The number of phenols is 2. The van der Waals surface area contributed by atoms with Gasteiger partial charge in [-0.1, -0.05) is 44.2 Å². The fraction of sp³-hybridized carbons (Fsp3) is 0.176. The van der Waals surface area contributed by atoms with Gasteiger partial charge in [-0.05, 0) is 34.4 Å². The average molecular weight is 252 g/mol. The van der Waals surface area contributed by atoms with Crippen molar-refractivity contribution in [2.75, 3.05) is 0 Å². The molecule has 0 saturated heterocycles. The van der Waals surface area contributed by atoms with Crippen LogP contribution >= 0.6 is 0 Å². The molecule has 0 aliphatic rings.